The number of urea groups is 1. The van der Waals surface area contributed by atoms with Gasteiger partial charge in [-0.3, -0.25) is 0 Å². The molecule has 0 saturated carbocycles. The molecule has 0 radical (unpaired) electrons. The Labute approximate surface area is 191 Å². The molecule has 0 fully saturated rings. The number of amides is 2. The third-order valence-corrected chi connectivity index (χ3v) is 4.95. The number of carboxylic acid groups (broad SMARTS) is 1. The highest BCUT2D eigenvalue weighted by atomic mass is 16.5. The lowest BCUT2D eigenvalue weighted by molar-refractivity contribution is 0.0697. The fourth-order valence-electron chi connectivity index (χ4n) is 3.27. The predicted octanol–water partition coefficient (Wildman–Crippen LogP) is 6.80. The number of benzene rings is 4. The average Bonchev–Trinajstić information content (AvgIpc) is 2.82. The highest BCUT2D eigenvalue weighted by molar-refractivity contribution is 6.01. The van der Waals surface area contributed by atoms with E-state index in [-0.39, 0.29) is 5.56 Å². The zero-order chi connectivity index (χ0) is 23.2. The Morgan fingerprint density at radius 3 is 2.21 bits per heavy atom. The average molecular weight is 438 g/mol. The van der Waals surface area contributed by atoms with Crippen LogP contribution in [0.5, 0.6) is 11.5 Å². The van der Waals surface area contributed by atoms with Gasteiger partial charge in [0.2, 0.25) is 0 Å². The van der Waals surface area contributed by atoms with E-state index in [2.05, 4.69) is 10.6 Å². The van der Waals surface area contributed by atoms with E-state index in [1.54, 1.807) is 24.3 Å². The van der Waals surface area contributed by atoms with Gasteiger partial charge in [0.15, 0.2) is 5.75 Å². The summed E-state index contributed by atoms with van der Waals surface area (Å²) in [7, 11) is 0. The Morgan fingerprint density at radius 1 is 0.758 bits per heavy atom. The molecule has 33 heavy (non-hydrogen) atoms. The van der Waals surface area contributed by atoms with Crippen molar-refractivity contribution in [2.45, 2.75) is 6.92 Å². The van der Waals surface area contributed by atoms with Crippen LogP contribution in [0.3, 0.4) is 0 Å². The number of aryl methyl sites for hydroxylation is 1. The summed E-state index contributed by atoms with van der Waals surface area (Å²) in [4.78, 5) is 24.1. The number of hydrogen-bond donors (Lipinski definition) is 3. The molecule has 0 aliphatic heterocycles. The standard InChI is InChI=1S/C27H22N2O4/c1-18-10-13-22(14-11-18)28-27(32)29-24-17-20(19-6-5-7-21(16-19)26(30)31)12-15-25(24)33-23-8-3-2-4-9-23/h2-17H,1H3,(H,30,31)(H2,28,29,32). The number of carboxylic acids is 1. The number of aromatic carboxylic acids is 1. The fraction of sp³-hybridized carbons (Fsp3) is 0.0370. The lowest BCUT2D eigenvalue weighted by Crippen LogP contribution is -2.19. The molecule has 4 aromatic rings. The molecule has 0 aromatic heterocycles. The fourth-order valence-corrected chi connectivity index (χ4v) is 3.27. The number of anilines is 2. The highest BCUT2D eigenvalue weighted by Gasteiger charge is 2.13. The predicted molar refractivity (Wildman–Crippen MR) is 129 cm³/mol. The van der Waals surface area contributed by atoms with E-state index >= 15 is 0 Å². The Bertz CT molecular complexity index is 1290. The molecule has 0 bridgehead atoms. The maximum Gasteiger partial charge on any atom is 0.335 e. The van der Waals surface area contributed by atoms with Gasteiger partial charge in [0.05, 0.1) is 11.3 Å². The maximum atomic E-state index is 12.7. The Hall–Kier alpha value is -4.58. The second kappa shape index (κ2) is 9.70. The molecule has 3 N–H and O–H groups in total. The van der Waals surface area contributed by atoms with Gasteiger partial charge in [-0.2, -0.15) is 0 Å². The zero-order valence-corrected chi connectivity index (χ0v) is 17.9. The maximum absolute atomic E-state index is 12.7. The van der Waals surface area contributed by atoms with Crippen molar-refractivity contribution in [1.82, 2.24) is 0 Å². The minimum Gasteiger partial charge on any atom is -0.478 e. The smallest absolute Gasteiger partial charge is 0.335 e. The van der Waals surface area contributed by atoms with Crippen LogP contribution in [-0.4, -0.2) is 17.1 Å². The number of rotatable bonds is 6. The molecule has 0 heterocycles. The van der Waals surface area contributed by atoms with Crippen LogP contribution in [0.4, 0.5) is 16.2 Å². The number of hydrogen-bond acceptors (Lipinski definition) is 3. The number of carbonyl (C=O) groups is 2. The Kier molecular flexibility index (Phi) is 6.36. The van der Waals surface area contributed by atoms with Gasteiger partial charge in [-0.1, -0.05) is 54.1 Å². The first-order valence-electron chi connectivity index (χ1n) is 10.3. The van der Waals surface area contributed by atoms with Crippen molar-refractivity contribution in [1.29, 1.82) is 0 Å². The number of nitrogens with one attached hydrogen (secondary N) is 2. The van der Waals surface area contributed by atoms with E-state index < -0.39 is 12.0 Å². The lowest BCUT2D eigenvalue weighted by atomic mass is 10.0. The molecule has 4 aromatic carbocycles. The van der Waals surface area contributed by atoms with E-state index in [4.69, 9.17) is 4.74 Å². The third-order valence-electron chi connectivity index (χ3n) is 4.95. The van der Waals surface area contributed by atoms with Gasteiger partial charge in [-0.15, -0.1) is 0 Å². The van der Waals surface area contributed by atoms with Gasteiger partial charge >= 0.3 is 12.0 Å². The molecule has 6 nitrogen and oxygen atoms in total. The normalized spacial score (nSPS) is 10.3. The minimum absolute atomic E-state index is 0.184. The number of ether oxygens (including phenoxy) is 1. The molecule has 0 aliphatic carbocycles. The van der Waals surface area contributed by atoms with Crippen molar-refractivity contribution >= 4 is 23.4 Å². The molecule has 6 heteroatoms. The topological polar surface area (TPSA) is 87.7 Å². The van der Waals surface area contributed by atoms with Crippen LogP contribution < -0.4 is 15.4 Å². The molecule has 2 amide bonds. The first-order valence-corrected chi connectivity index (χ1v) is 10.3. The van der Waals surface area contributed by atoms with Crippen molar-refractivity contribution in [2.75, 3.05) is 10.6 Å². The highest BCUT2D eigenvalue weighted by Crippen LogP contribution is 2.34. The van der Waals surface area contributed by atoms with Gasteiger partial charge < -0.3 is 20.5 Å². The van der Waals surface area contributed by atoms with Gasteiger partial charge in [-0.25, -0.2) is 9.59 Å². The van der Waals surface area contributed by atoms with Gasteiger partial charge in [0.25, 0.3) is 0 Å². The van der Waals surface area contributed by atoms with Crippen molar-refractivity contribution in [2.24, 2.45) is 0 Å². The quantitative estimate of drug-likeness (QED) is 0.309. The largest absolute Gasteiger partial charge is 0.478 e. The molecule has 0 unspecified atom stereocenters. The molecule has 4 rings (SSSR count). The van der Waals surface area contributed by atoms with Crippen LogP contribution in [0.25, 0.3) is 11.1 Å². The molecular formula is C27H22N2O4. The van der Waals surface area contributed by atoms with Crippen LogP contribution in [0.1, 0.15) is 15.9 Å². The molecular weight excluding hydrogens is 416 g/mol. The third kappa shape index (κ3) is 5.57. The molecule has 0 saturated heterocycles. The summed E-state index contributed by atoms with van der Waals surface area (Å²) < 4.78 is 5.99. The summed E-state index contributed by atoms with van der Waals surface area (Å²) in [6.07, 6.45) is 0. The second-order valence-corrected chi connectivity index (χ2v) is 7.46. The first kappa shape index (κ1) is 21.6. The van der Waals surface area contributed by atoms with Crippen LogP contribution in [0.15, 0.2) is 97.1 Å². The first-order chi connectivity index (χ1) is 16.0. The summed E-state index contributed by atoms with van der Waals surface area (Å²) in [6, 6.07) is 28.2. The Morgan fingerprint density at radius 2 is 1.48 bits per heavy atom. The van der Waals surface area contributed by atoms with E-state index in [1.165, 1.54) is 6.07 Å². The van der Waals surface area contributed by atoms with Gasteiger partial charge in [-0.05, 0) is 66.6 Å². The van der Waals surface area contributed by atoms with Crippen LogP contribution in [-0.2, 0) is 0 Å². The van der Waals surface area contributed by atoms with Crippen molar-refractivity contribution in [3.8, 4) is 22.6 Å². The summed E-state index contributed by atoms with van der Waals surface area (Å²) in [5, 5.41) is 15.0. The molecule has 0 spiro atoms. The molecule has 0 atom stereocenters. The molecule has 0 aliphatic rings. The summed E-state index contributed by atoms with van der Waals surface area (Å²) in [6.45, 7) is 1.97. The van der Waals surface area contributed by atoms with Crippen LogP contribution in [0, 0.1) is 6.92 Å². The van der Waals surface area contributed by atoms with E-state index in [9.17, 15) is 14.7 Å². The number of para-hydroxylation sites is 1. The summed E-state index contributed by atoms with van der Waals surface area (Å²) in [5.74, 6) is 0.0789. The van der Waals surface area contributed by atoms with Crippen LogP contribution >= 0.6 is 0 Å². The van der Waals surface area contributed by atoms with Crippen molar-refractivity contribution < 1.29 is 19.4 Å². The zero-order valence-electron chi connectivity index (χ0n) is 17.9. The van der Waals surface area contributed by atoms with Crippen molar-refractivity contribution in [3.63, 3.8) is 0 Å². The summed E-state index contributed by atoms with van der Waals surface area (Å²) in [5.41, 5.74) is 3.84. The van der Waals surface area contributed by atoms with E-state index in [0.717, 1.165) is 11.1 Å². The van der Waals surface area contributed by atoms with E-state index in [0.29, 0.717) is 28.4 Å². The Balaban J connectivity index is 1.65. The van der Waals surface area contributed by atoms with Gasteiger partial charge in [0, 0.05) is 5.69 Å². The lowest BCUT2D eigenvalue weighted by Gasteiger charge is -2.15. The van der Waals surface area contributed by atoms with Crippen LogP contribution in [0.2, 0.25) is 0 Å². The SMILES string of the molecule is Cc1ccc(NC(=O)Nc2cc(-c3cccc(C(=O)O)c3)ccc2Oc2ccccc2)cc1. The molecule has 164 valence electrons. The van der Waals surface area contributed by atoms with E-state index in [1.807, 2.05) is 73.7 Å². The second-order valence-electron chi connectivity index (χ2n) is 7.46. The minimum atomic E-state index is -1.00. The monoisotopic (exact) mass is 438 g/mol. The summed E-state index contributed by atoms with van der Waals surface area (Å²) >= 11 is 0. The van der Waals surface area contributed by atoms with Gasteiger partial charge in [0.1, 0.15) is 5.75 Å². The van der Waals surface area contributed by atoms with Crippen molar-refractivity contribution in [3.05, 3.63) is 108 Å². The number of carbonyl (C=O) groups excluding carboxylic acids is 1.